The summed E-state index contributed by atoms with van der Waals surface area (Å²) in [6.45, 7) is 4.17. The van der Waals surface area contributed by atoms with Crippen molar-refractivity contribution in [1.82, 2.24) is 10.2 Å². The van der Waals surface area contributed by atoms with E-state index in [-0.39, 0.29) is 17.7 Å². The Kier molecular flexibility index (Phi) is 8.76. The Hall–Kier alpha value is -0.750. The smallest absolute Gasteiger partial charge is 0.239 e. The molecule has 1 atom stereocenters. The molecule has 0 aliphatic carbocycles. The highest BCUT2D eigenvalue weighted by Crippen LogP contribution is 2.18. The number of thioether (sulfide) groups is 1. The lowest BCUT2D eigenvalue weighted by molar-refractivity contribution is -0.136. The molecule has 21 heavy (non-hydrogen) atoms. The highest BCUT2D eigenvalue weighted by atomic mass is 32.2. The average molecular weight is 315 g/mol. The SMILES string of the molecule is CCCCNC(=O)C1CCN(C(=O)[C@@H](N)CCSC)CC1. The molecule has 0 aromatic rings. The average Bonchev–Trinajstić information content (AvgIpc) is 2.52. The zero-order chi connectivity index (χ0) is 15.7. The highest BCUT2D eigenvalue weighted by Gasteiger charge is 2.29. The van der Waals surface area contributed by atoms with E-state index in [9.17, 15) is 9.59 Å². The van der Waals surface area contributed by atoms with Crippen molar-refractivity contribution in [2.45, 2.75) is 45.1 Å². The van der Waals surface area contributed by atoms with E-state index in [4.69, 9.17) is 5.73 Å². The molecule has 0 radical (unpaired) electrons. The number of nitrogens with zero attached hydrogens (tertiary/aromatic N) is 1. The number of rotatable bonds is 8. The monoisotopic (exact) mass is 315 g/mol. The van der Waals surface area contributed by atoms with Gasteiger partial charge in [-0.05, 0) is 37.7 Å². The third kappa shape index (κ3) is 6.26. The van der Waals surface area contributed by atoms with Crippen molar-refractivity contribution in [1.29, 1.82) is 0 Å². The summed E-state index contributed by atoms with van der Waals surface area (Å²) >= 11 is 1.70. The van der Waals surface area contributed by atoms with Gasteiger partial charge in [0.1, 0.15) is 0 Å². The van der Waals surface area contributed by atoms with Gasteiger partial charge in [-0.25, -0.2) is 0 Å². The van der Waals surface area contributed by atoms with Gasteiger partial charge in [-0.3, -0.25) is 9.59 Å². The standard InChI is InChI=1S/C15H29N3O2S/c1-3-4-8-17-14(19)12-5-9-18(10-6-12)15(20)13(16)7-11-21-2/h12-13H,3-11,16H2,1-2H3,(H,17,19)/t13-/m0/s1. The number of carbonyl (C=O) groups is 2. The molecule has 1 rings (SSSR count). The largest absolute Gasteiger partial charge is 0.356 e. The van der Waals surface area contributed by atoms with Crippen LogP contribution in [0.2, 0.25) is 0 Å². The molecule has 0 aromatic carbocycles. The van der Waals surface area contributed by atoms with E-state index in [0.717, 1.165) is 44.4 Å². The Morgan fingerprint density at radius 3 is 2.62 bits per heavy atom. The predicted molar refractivity (Wildman–Crippen MR) is 88.2 cm³/mol. The topological polar surface area (TPSA) is 75.4 Å². The summed E-state index contributed by atoms with van der Waals surface area (Å²) in [5, 5.41) is 2.98. The zero-order valence-corrected chi connectivity index (χ0v) is 14.1. The lowest BCUT2D eigenvalue weighted by Crippen LogP contribution is -2.49. The number of amides is 2. The fraction of sp³-hybridized carbons (Fsp3) is 0.867. The number of hydrogen-bond donors (Lipinski definition) is 2. The van der Waals surface area contributed by atoms with Gasteiger partial charge in [0.05, 0.1) is 6.04 Å². The summed E-state index contributed by atoms with van der Waals surface area (Å²) in [4.78, 5) is 26.0. The minimum atomic E-state index is -0.396. The van der Waals surface area contributed by atoms with Gasteiger partial charge >= 0.3 is 0 Å². The van der Waals surface area contributed by atoms with Crippen molar-refractivity contribution < 1.29 is 9.59 Å². The van der Waals surface area contributed by atoms with Crippen molar-refractivity contribution in [2.75, 3.05) is 31.6 Å². The van der Waals surface area contributed by atoms with Crippen LogP contribution in [0.15, 0.2) is 0 Å². The first-order chi connectivity index (χ1) is 10.1. The first-order valence-electron chi connectivity index (χ1n) is 7.91. The number of unbranched alkanes of at least 4 members (excludes halogenated alkanes) is 1. The maximum atomic E-state index is 12.2. The molecule has 5 nitrogen and oxygen atoms in total. The van der Waals surface area contributed by atoms with E-state index < -0.39 is 6.04 Å². The van der Waals surface area contributed by atoms with Gasteiger partial charge < -0.3 is 16.0 Å². The van der Waals surface area contributed by atoms with Gasteiger partial charge in [0.2, 0.25) is 11.8 Å². The second-order valence-corrected chi connectivity index (χ2v) is 6.62. The molecule has 6 heteroatoms. The zero-order valence-electron chi connectivity index (χ0n) is 13.3. The molecule has 122 valence electrons. The molecule has 0 bridgehead atoms. The number of piperidine rings is 1. The lowest BCUT2D eigenvalue weighted by Gasteiger charge is -2.33. The molecule has 0 aromatic heterocycles. The summed E-state index contributed by atoms with van der Waals surface area (Å²) in [5.41, 5.74) is 5.93. The van der Waals surface area contributed by atoms with Gasteiger partial charge in [0.15, 0.2) is 0 Å². The third-order valence-electron chi connectivity index (χ3n) is 3.96. The van der Waals surface area contributed by atoms with E-state index in [1.165, 1.54) is 0 Å². The second-order valence-electron chi connectivity index (χ2n) is 5.63. The van der Waals surface area contributed by atoms with E-state index in [0.29, 0.717) is 13.1 Å². The molecule has 1 fully saturated rings. The maximum absolute atomic E-state index is 12.2. The minimum Gasteiger partial charge on any atom is -0.356 e. The van der Waals surface area contributed by atoms with Crippen molar-refractivity contribution in [3.63, 3.8) is 0 Å². The van der Waals surface area contributed by atoms with Crippen LogP contribution < -0.4 is 11.1 Å². The van der Waals surface area contributed by atoms with E-state index in [2.05, 4.69) is 12.2 Å². The Morgan fingerprint density at radius 2 is 2.05 bits per heavy atom. The van der Waals surface area contributed by atoms with Gasteiger partial charge in [-0.1, -0.05) is 13.3 Å². The van der Waals surface area contributed by atoms with Gasteiger partial charge in [-0.15, -0.1) is 0 Å². The molecule has 1 aliphatic rings. The second kappa shape index (κ2) is 10.1. The number of nitrogens with one attached hydrogen (secondary N) is 1. The van der Waals surface area contributed by atoms with Crippen molar-refractivity contribution >= 4 is 23.6 Å². The Bertz CT molecular complexity index is 331. The van der Waals surface area contributed by atoms with Crippen LogP contribution in [0.25, 0.3) is 0 Å². The normalized spacial score (nSPS) is 17.6. The molecule has 1 aliphatic heterocycles. The molecule has 3 N–H and O–H groups in total. The van der Waals surface area contributed by atoms with Crippen LogP contribution >= 0.6 is 11.8 Å². The summed E-state index contributed by atoms with van der Waals surface area (Å²) in [6.07, 6.45) is 6.34. The van der Waals surface area contributed by atoms with E-state index in [1.54, 1.807) is 11.8 Å². The Morgan fingerprint density at radius 1 is 1.38 bits per heavy atom. The number of hydrogen-bond acceptors (Lipinski definition) is 4. The van der Waals surface area contributed by atoms with Crippen LogP contribution in [0.1, 0.15) is 39.0 Å². The van der Waals surface area contributed by atoms with Gasteiger partial charge in [-0.2, -0.15) is 11.8 Å². The van der Waals surface area contributed by atoms with E-state index >= 15 is 0 Å². The maximum Gasteiger partial charge on any atom is 0.239 e. The minimum absolute atomic E-state index is 0.0360. The molecule has 2 amide bonds. The van der Waals surface area contributed by atoms with Crippen LogP contribution in [-0.2, 0) is 9.59 Å². The fourth-order valence-electron chi connectivity index (χ4n) is 2.50. The molecule has 0 spiro atoms. The van der Waals surface area contributed by atoms with Gasteiger partial charge in [0.25, 0.3) is 0 Å². The van der Waals surface area contributed by atoms with Crippen LogP contribution in [0.5, 0.6) is 0 Å². The van der Waals surface area contributed by atoms with Crippen LogP contribution in [0.4, 0.5) is 0 Å². The molecule has 1 saturated heterocycles. The third-order valence-corrected chi connectivity index (χ3v) is 4.60. The number of nitrogens with two attached hydrogens (primary N) is 1. The van der Waals surface area contributed by atoms with E-state index in [1.807, 2.05) is 11.2 Å². The van der Waals surface area contributed by atoms with Crippen molar-refractivity contribution in [3.8, 4) is 0 Å². The molecule has 0 unspecified atom stereocenters. The quantitative estimate of drug-likeness (QED) is 0.661. The number of carbonyl (C=O) groups excluding carboxylic acids is 2. The van der Waals surface area contributed by atoms with Crippen LogP contribution in [0.3, 0.4) is 0 Å². The summed E-state index contributed by atoms with van der Waals surface area (Å²) in [7, 11) is 0. The Labute approximate surface area is 132 Å². The number of likely N-dealkylation sites (tertiary alicyclic amines) is 1. The highest BCUT2D eigenvalue weighted by molar-refractivity contribution is 7.98. The lowest BCUT2D eigenvalue weighted by atomic mass is 9.95. The first kappa shape index (κ1) is 18.3. The first-order valence-corrected chi connectivity index (χ1v) is 9.30. The molecular weight excluding hydrogens is 286 g/mol. The van der Waals surface area contributed by atoms with Crippen LogP contribution in [0, 0.1) is 5.92 Å². The van der Waals surface area contributed by atoms with Crippen molar-refractivity contribution in [2.24, 2.45) is 11.7 Å². The summed E-state index contributed by atoms with van der Waals surface area (Å²) in [6, 6.07) is -0.396. The molecular formula is C15H29N3O2S. The summed E-state index contributed by atoms with van der Waals surface area (Å²) < 4.78 is 0. The predicted octanol–water partition coefficient (Wildman–Crippen LogP) is 1.22. The molecule has 1 heterocycles. The summed E-state index contributed by atoms with van der Waals surface area (Å²) in [5.74, 6) is 1.13. The Balaban J connectivity index is 2.31. The fourth-order valence-corrected chi connectivity index (χ4v) is 2.99. The van der Waals surface area contributed by atoms with Crippen LogP contribution in [-0.4, -0.2) is 54.4 Å². The van der Waals surface area contributed by atoms with Crippen molar-refractivity contribution in [3.05, 3.63) is 0 Å². The van der Waals surface area contributed by atoms with Gasteiger partial charge in [0, 0.05) is 25.6 Å². The molecule has 0 saturated carbocycles.